The summed E-state index contributed by atoms with van der Waals surface area (Å²) in [6.07, 6.45) is 3.76. The van der Waals surface area contributed by atoms with Crippen LogP contribution in [0, 0.1) is 24.6 Å². The maximum absolute atomic E-state index is 13.6. The van der Waals surface area contributed by atoms with Gasteiger partial charge in [-0.2, -0.15) is 0 Å². The fourth-order valence-electron chi connectivity index (χ4n) is 3.69. The van der Waals surface area contributed by atoms with Crippen LogP contribution in [0.5, 0.6) is 0 Å². The van der Waals surface area contributed by atoms with Crippen molar-refractivity contribution >= 4 is 11.6 Å². The van der Waals surface area contributed by atoms with Gasteiger partial charge in [0.15, 0.2) is 0 Å². The fraction of sp³-hybridized carbons (Fsp3) is 0.588. The Labute approximate surface area is 126 Å². The molecule has 2 rings (SSSR count). The summed E-state index contributed by atoms with van der Waals surface area (Å²) in [5.74, 6) is -0.107. The Balaban J connectivity index is 2.39. The molecule has 3 nitrogen and oxygen atoms in total. The summed E-state index contributed by atoms with van der Waals surface area (Å²) >= 11 is 0. The van der Waals surface area contributed by atoms with Gasteiger partial charge in [-0.1, -0.05) is 26.7 Å². The minimum atomic E-state index is -0.771. The summed E-state index contributed by atoms with van der Waals surface area (Å²) in [4.78, 5) is 12.2. The zero-order valence-corrected chi connectivity index (χ0v) is 13.1. The lowest BCUT2D eigenvalue weighted by molar-refractivity contribution is -0.126. The van der Waals surface area contributed by atoms with Gasteiger partial charge in [0.1, 0.15) is 11.4 Å². The van der Waals surface area contributed by atoms with E-state index < -0.39 is 5.54 Å². The van der Waals surface area contributed by atoms with Crippen LogP contribution in [0.25, 0.3) is 0 Å². The fourth-order valence-corrected chi connectivity index (χ4v) is 3.69. The molecule has 1 aromatic carbocycles. The number of carbonyl (C=O) groups is 1. The Morgan fingerprint density at radius 2 is 2.10 bits per heavy atom. The zero-order chi connectivity index (χ0) is 15.6. The third-order valence-electron chi connectivity index (χ3n) is 4.62. The Bertz CT molecular complexity index is 509. The van der Waals surface area contributed by atoms with Crippen LogP contribution < -0.4 is 11.1 Å². The minimum Gasteiger partial charge on any atom is -0.371 e. The number of anilines is 1. The number of hydrogen-bond donors (Lipinski definition) is 2. The lowest BCUT2D eigenvalue weighted by Gasteiger charge is -2.45. The quantitative estimate of drug-likeness (QED) is 0.890. The van der Waals surface area contributed by atoms with Crippen molar-refractivity contribution in [2.24, 2.45) is 17.6 Å². The lowest BCUT2D eigenvalue weighted by Crippen LogP contribution is -2.58. The molecule has 2 atom stereocenters. The van der Waals surface area contributed by atoms with Crippen molar-refractivity contribution in [2.75, 3.05) is 5.32 Å². The molecule has 4 heteroatoms. The van der Waals surface area contributed by atoms with Crippen LogP contribution in [-0.4, -0.2) is 11.4 Å². The summed E-state index contributed by atoms with van der Waals surface area (Å²) in [5, 5.41) is 3.29. The predicted molar refractivity (Wildman–Crippen MR) is 83.5 cm³/mol. The van der Waals surface area contributed by atoms with E-state index in [2.05, 4.69) is 19.2 Å². The molecule has 1 fully saturated rings. The van der Waals surface area contributed by atoms with Crippen molar-refractivity contribution in [1.29, 1.82) is 0 Å². The normalized spacial score (nSPS) is 25.9. The third-order valence-corrected chi connectivity index (χ3v) is 4.62. The van der Waals surface area contributed by atoms with E-state index in [1.54, 1.807) is 0 Å². The summed E-state index contributed by atoms with van der Waals surface area (Å²) in [6.45, 7) is 6.07. The van der Waals surface area contributed by atoms with Gasteiger partial charge in [0, 0.05) is 5.69 Å². The molecule has 116 valence electrons. The van der Waals surface area contributed by atoms with Crippen LogP contribution in [0.4, 0.5) is 10.1 Å². The molecule has 2 unspecified atom stereocenters. The van der Waals surface area contributed by atoms with Crippen molar-refractivity contribution in [3.63, 3.8) is 0 Å². The number of nitrogens with one attached hydrogen (secondary N) is 1. The molecule has 0 saturated heterocycles. The summed E-state index contributed by atoms with van der Waals surface area (Å²) in [6, 6.07) is 4.77. The van der Waals surface area contributed by atoms with Crippen LogP contribution in [0.2, 0.25) is 0 Å². The molecule has 0 bridgehead atoms. The number of primary amides is 1. The monoisotopic (exact) mass is 292 g/mol. The van der Waals surface area contributed by atoms with E-state index in [9.17, 15) is 9.18 Å². The van der Waals surface area contributed by atoms with Gasteiger partial charge in [-0.15, -0.1) is 0 Å². The molecular formula is C17H25FN2O. The highest BCUT2D eigenvalue weighted by Crippen LogP contribution is 2.40. The van der Waals surface area contributed by atoms with Gasteiger partial charge in [-0.25, -0.2) is 4.39 Å². The van der Waals surface area contributed by atoms with E-state index in [1.807, 2.05) is 13.0 Å². The number of aryl methyl sites for hydroxylation is 1. The van der Waals surface area contributed by atoms with Gasteiger partial charge in [0.2, 0.25) is 5.91 Å². The number of benzene rings is 1. The van der Waals surface area contributed by atoms with Gasteiger partial charge in [-0.3, -0.25) is 4.79 Å². The maximum Gasteiger partial charge on any atom is 0.243 e. The van der Waals surface area contributed by atoms with E-state index >= 15 is 0 Å². The lowest BCUT2D eigenvalue weighted by atomic mass is 9.67. The van der Waals surface area contributed by atoms with Crippen LogP contribution >= 0.6 is 0 Å². The maximum atomic E-state index is 13.6. The zero-order valence-electron chi connectivity index (χ0n) is 13.1. The second-order valence-corrected chi connectivity index (χ2v) is 6.57. The second kappa shape index (κ2) is 6.04. The van der Waals surface area contributed by atoms with Crippen LogP contribution in [0.15, 0.2) is 18.2 Å². The average Bonchev–Trinajstić information content (AvgIpc) is 2.37. The molecule has 0 aromatic heterocycles. The number of rotatable bonds is 4. The Hall–Kier alpha value is -1.58. The van der Waals surface area contributed by atoms with E-state index in [1.165, 1.54) is 12.1 Å². The molecule has 3 N–H and O–H groups in total. The van der Waals surface area contributed by atoms with Gasteiger partial charge >= 0.3 is 0 Å². The molecule has 0 heterocycles. The molecule has 1 amide bonds. The SMILES string of the molecule is Cc1cc(F)cc(NC2(C(N)=O)CCCCC2C(C)C)c1. The van der Waals surface area contributed by atoms with E-state index in [0.717, 1.165) is 24.8 Å². The first-order valence-electron chi connectivity index (χ1n) is 7.70. The second-order valence-electron chi connectivity index (χ2n) is 6.57. The summed E-state index contributed by atoms with van der Waals surface area (Å²) in [5.41, 5.74) is 6.45. The number of nitrogens with two attached hydrogens (primary N) is 1. The first-order valence-corrected chi connectivity index (χ1v) is 7.70. The first-order chi connectivity index (χ1) is 9.85. The molecule has 21 heavy (non-hydrogen) atoms. The highest BCUT2D eigenvalue weighted by molar-refractivity contribution is 5.88. The molecule has 1 saturated carbocycles. The number of halogens is 1. The highest BCUT2D eigenvalue weighted by atomic mass is 19.1. The van der Waals surface area contributed by atoms with Crippen LogP contribution in [-0.2, 0) is 4.79 Å². The molecule has 0 aliphatic heterocycles. The van der Waals surface area contributed by atoms with Crippen molar-refractivity contribution in [1.82, 2.24) is 0 Å². The molecule has 1 aliphatic rings. The van der Waals surface area contributed by atoms with Crippen molar-refractivity contribution < 1.29 is 9.18 Å². The van der Waals surface area contributed by atoms with Crippen LogP contribution in [0.1, 0.15) is 45.1 Å². The van der Waals surface area contributed by atoms with Gasteiger partial charge in [0.25, 0.3) is 0 Å². The van der Waals surface area contributed by atoms with Crippen molar-refractivity contribution in [3.8, 4) is 0 Å². The summed E-state index contributed by atoms with van der Waals surface area (Å²) in [7, 11) is 0. The summed E-state index contributed by atoms with van der Waals surface area (Å²) < 4.78 is 13.6. The van der Waals surface area contributed by atoms with E-state index in [0.29, 0.717) is 18.0 Å². The van der Waals surface area contributed by atoms with E-state index in [4.69, 9.17) is 5.73 Å². The van der Waals surface area contributed by atoms with Crippen molar-refractivity contribution in [2.45, 2.75) is 52.0 Å². The standard InChI is InChI=1S/C17H25FN2O/c1-11(2)15-6-4-5-7-17(15,16(19)21)20-14-9-12(3)8-13(18)10-14/h8-11,15,20H,4-7H2,1-3H3,(H2,19,21). The Morgan fingerprint density at radius 1 is 1.38 bits per heavy atom. The molecule has 1 aromatic rings. The first kappa shape index (κ1) is 15.8. The number of carbonyl (C=O) groups excluding carboxylic acids is 1. The smallest absolute Gasteiger partial charge is 0.243 e. The molecule has 1 aliphatic carbocycles. The van der Waals surface area contributed by atoms with Gasteiger partial charge in [-0.05, 0) is 55.4 Å². The predicted octanol–water partition coefficient (Wildman–Crippen LogP) is 3.62. The average molecular weight is 292 g/mol. The highest BCUT2D eigenvalue weighted by Gasteiger charge is 2.47. The van der Waals surface area contributed by atoms with Crippen molar-refractivity contribution in [3.05, 3.63) is 29.6 Å². The molecular weight excluding hydrogens is 267 g/mol. The minimum absolute atomic E-state index is 0.173. The van der Waals surface area contributed by atoms with Gasteiger partial charge in [0.05, 0.1) is 0 Å². The largest absolute Gasteiger partial charge is 0.371 e. The number of amides is 1. The molecule has 0 radical (unpaired) electrons. The number of hydrogen-bond acceptors (Lipinski definition) is 2. The van der Waals surface area contributed by atoms with Gasteiger partial charge < -0.3 is 11.1 Å². The van der Waals surface area contributed by atoms with Crippen LogP contribution in [0.3, 0.4) is 0 Å². The van der Waals surface area contributed by atoms with E-state index in [-0.39, 0.29) is 17.6 Å². The Morgan fingerprint density at radius 3 is 2.67 bits per heavy atom. The Kier molecular flexibility index (Phi) is 4.55. The molecule has 0 spiro atoms. The topological polar surface area (TPSA) is 55.1 Å². The third kappa shape index (κ3) is 3.20.